The number of hydrogen-bond acceptors (Lipinski definition) is 6. The highest BCUT2D eigenvalue weighted by atomic mass is 32.3. The first-order valence-electron chi connectivity index (χ1n) is 4.87. The molecule has 8 nitrogen and oxygen atoms in total. The molecule has 1 heterocycles. The molecule has 9 heteroatoms. The first-order chi connectivity index (χ1) is 7.90. The lowest BCUT2D eigenvalue weighted by atomic mass is 10.1. The van der Waals surface area contributed by atoms with Gasteiger partial charge >= 0.3 is 10.4 Å². The molecule has 1 aromatic rings. The van der Waals surface area contributed by atoms with Crippen LogP contribution in [-0.4, -0.2) is 40.9 Å². The summed E-state index contributed by atoms with van der Waals surface area (Å²) in [5.74, 6) is -0.144. The lowest BCUT2D eigenvalue weighted by Gasteiger charge is -1.99. The molecule has 0 spiro atoms. The van der Waals surface area contributed by atoms with E-state index < -0.39 is 10.4 Å². The summed E-state index contributed by atoms with van der Waals surface area (Å²) in [7, 11) is -4.42. The van der Waals surface area contributed by atoms with E-state index in [0.717, 1.165) is 6.29 Å². The van der Waals surface area contributed by atoms with Crippen molar-refractivity contribution < 1.29 is 21.9 Å². The van der Waals surface area contributed by atoms with Gasteiger partial charge in [-0.2, -0.15) is 8.42 Å². The van der Waals surface area contributed by atoms with Crippen LogP contribution in [0.1, 0.15) is 12.6 Å². The van der Waals surface area contributed by atoms with E-state index in [9.17, 15) is 13.2 Å². The Morgan fingerprint density at radius 2 is 2.35 bits per heavy atom. The molecule has 0 aliphatic carbocycles. The first kappa shape index (κ1) is 13.7. The molecule has 1 N–H and O–H groups in total. The fourth-order valence-electron chi connectivity index (χ4n) is 1.16. The van der Waals surface area contributed by atoms with Gasteiger partial charge in [0.1, 0.15) is 6.29 Å². The predicted octanol–water partition coefficient (Wildman–Crippen LogP) is -0.525. The minimum atomic E-state index is -4.42. The second kappa shape index (κ2) is 5.84. The molecule has 0 bridgehead atoms. The van der Waals surface area contributed by atoms with Gasteiger partial charge in [0.2, 0.25) is 0 Å². The third kappa shape index (κ3) is 5.52. The smallest absolute Gasteiger partial charge is 0.303 e. The lowest BCUT2D eigenvalue weighted by molar-refractivity contribution is -0.110. The van der Waals surface area contributed by atoms with Crippen LogP contribution >= 0.6 is 0 Å². The summed E-state index contributed by atoms with van der Waals surface area (Å²) in [6, 6.07) is 0. The molecular weight excluding hydrogens is 250 g/mol. The number of rotatable bonds is 7. The number of aromatic nitrogens is 3. The average Bonchev–Trinajstić information content (AvgIpc) is 2.63. The second-order valence-electron chi connectivity index (χ2n) is 3.54. The zero-order valence-corrected chi connectivity index (χ0v) is 10.00. The Labute approximate surface area is 98.5 Å². The molecule has 1 aromatic heterocycles. The van der Waals surface area contributed by atoms with Crippen molar-refractivity contribution in [2.45, 2.75) is 19.9 Å². The Morgan fingerprint density at radius 1 is 1.65 bits per heavy atom. The molecule has 0 radical (unpaired) electrons. The van der Waals surface area contributed by atoms with E-state index in [-0.39, 0.29) is 19.1 Å². The molecule has 0 fully saturated rings. The van der Waals surface area contributed by atoms with Crippen molar-refractivity contribution in [2.24, 2.45) is 5.92 Å². The molecule has 1 rings (SSSR count). The van der Waals surface area contributed by atoms with E-state index in [1.54, 1.807) is 13.1 Å². The number of aldehydes is 1. The standard InChI is InChI=1S/C8H13N3O5S/c1-7(6-12)4-8-5-11(10-9-8)2-3-16-17(13,14)15/h5-7H,2-4H2,1H3,(H,13,14,15)/t7-/m0/s1. The van der Waals surface area contributed by atoms with Crippen molar-refractivity contribution in [1.82, 2.24) is 15.0 Å². The Bertz CT molecular complexity index is 469. The SMILES string of the molecule is C[C@H](C=O)Cc1cn(CCOS(=O)(=O)O)nn1. The maximum atomic E-state index is 10.4. The van der Waals surface area contributed by atoms with Gasteiger partial charge in [0.15, 0.2) is 0 Å². The fraction of sp³-hybridized carbons (Fsp3) is 0.625. The Morgan fingerprint density at radius 3 is 2.94 bits per heavy atom. The third-order valence-electron chi connectivity index (χ3n) is 1.90. The van der Waals surface area contributed by atoms with Gasteiger partial charge in [0.05, 0.1) is 18.8 Å². The Kier molecular flexibility index (Phi) is 4.73. The van der Waals surface area contributed by atoms with Crippen LogP contribution in [0.25, 0.3) is 0 Å². The maximum Gasteiger partial charge on any atom is 0.397 e. The molecule has 96 valence electrons. The van der Waals surface area contributed by atoms with Crippen LogP contribution in [-0.2, 0) is 32.3 Å². The summed E-state index contributed by atoms with van der Waals surface area (Å²) >= 11 is 0. The van der Waals surface area contributed by atoms with Crippen LogP contribution in [0.3, 0.4) is 0 Å². The predicted molar refractivity (Wildman–Crippen MR) is 56.5 cm³/mol. The van der Waals surface area contributed by atoms with Gasteiger partial charge < -0.3 is 4.79 Å². The van der Waals surface area contributed by atoms with Gasteiger partial charge in [0.25, 0.3) is 0 Å². The van der Waals surface area contributed by atoms with Crippen molar-refractivity contribution >= 4 is 16.7 Å². The quantitative estimate of drug-likeness (QED) is 0.520. The summed E-state index contributed by atoms with van der Waals surface area (Å²) in [6.07, 6.45) is 2.89. The van der Waals surface area contributed by atoms with Crippen molar-refractivity contribution in [1.29, 1.82) is 0 Å². The molecule has 0 saturated heterocycles. The third-order valence-corrected chi connectivity index (χ3v) is 2.37. The number of carbonyl (C=O) groups is 1. The van der Waals surface area contributed by atoms with Gasteiger partial charge in [0, 0.05) is 18.5 Å². The van der Waals surface area contributed by atoms with Crippen LogP contribution < -0.4 is 0 Å². The summed E-state index contributed by atoms with van der Waals surface area (Å²) in [5.41, 5.74) is 0.636. The van der Waals surface area contributed by atoms with Gasteiger partial charge in [-0.1, -0.05) is 12.1 Å². The van der Waals surface area contributed by atoms with Crippen molar-refractivity contribution in [3.05, 3.63) is 11.9 Å². The Hall–Kier alpha value is -1.32. The monoisotopic (exact) mass is 263 g/mol. The summed E-state index contributed by atoms with van der Waals surface area (Å²) in [4.78, 5) is 10.4. The summed E-state index contributed by atoms with van der Waals surface area (Å²) in [6.45, 7) is 1.67. The molecule has 0 saturated carbocycles. The van der Waals surface area contributed by atoms with Gasteiger partial charge in [-0.15, -0.1) is 5.10 Å². The topological polar surface area (TPSA) is 111 Å². The second-order valence-corrected chi connectivity index (χ2v) is 4.63. The lowest BCUT2D eigenvalue weighted by Crippen LogP contribution is -2.11. The zero-order chi connectivity index (χ0) is 12.9. The largest absolute Gasteiger partial charge is 0.397 e. The summed E-state index contributed by atoms with van der Waals surface area (Å²) in [5, 5.41) is 7.52. The molecule has 0 amide bonds. The molecule has 0 unspecified atom stereocenters. The number of carbonyl (C=O) groups excluding carboxylic acids is 1. The van der Waals surface area contributed by atoms with Crippen LogP contribution in [0, 0.1) is 5.92 Å². The van der Waals surface area contributed by atoms with Crippen LogP contribution in [0.4, 0.5) is 0 Å². The minimum Gasteiger partial charge on any atom is -0.303 e. The summed E-state index contributed by atoms with van der Waals surface area (Å²) < 4.78 is 34.3. The van der Waals surface area contributed by atoms with Crippen molar-refractivity contribution in [2.75, 3.05) is 6.61 Å². The van der Waals surface area contributed by atoms with Crippen molar-refractivity contribution in [3.63, 3.8) is 0 Å². The van der Waals surface area contributed by atoms with Crippen LogP contribution in [0.5, 0.6) is 0 Å². The number of hydrogen-bond donors (Lipinski definition) is 1. The van der Waals surface area contributed by atoms with E-state index in [1.807, 2.05) is 0 Å². The molecule has 0 aliphatic heterocycles. The fourth-order valence-corrected chi connectivity index (χ4v) is 1.44. The van der Waals surface area contributed by atoms with Crippen LogP contribution in [0.15, 0.2) is 6.20 Å². The minimum absolute atomic E-state index is 0.141. The highest BCUT2D eigenvalue weighted by Gasteiger charge is 2.07. The highest BCUT2D eigenvalue weighted by Crippen LogP contribution is 2.02. The van der Waals surface area contributed by atoms with E-state index >= 15 is 0 Å². The van der Waals surface area contributed by atoms with Gasteiger partial charge in [-0.3, -0.25) is 4.55 Å². The van der Waals surface area contributed by atoms with Gasteiger partial charge in [-0.25, -0.2) is 8.86 Å². The first-order valence-corrected chi connectivity index (χ1v) is 6.23. The van der Waals surface area contributed by atoms with E-state index in [1.165, 1.54) is 4.68 Å². The zero-order valence-electron chi connectivity index (χ0n) is 9.18. The van der Waals surface area contributed by atoms with E-state index in [2.05, 4.69) is 14.5 Å². The maximum absolute atomic E-state index is 10.4. The molecule has 1 atom stereocenters. The Balaban J connectivity index is 2.43. The highest BCUT2D eigenvalue weighted by molar-refractivity contribution is 7.80. The number of nitrogens with zero attached hydrogens (tertiary/aromatic N) is 3. The van der Waals surface area contributed by atoms with Gasteiger partial charge in [-0.05, 0) is 0 Å². The van der Waals surface area contributed by atoms with E-state index in [4.69, 9.17) is 4.55 Å². The van der Waals surface area contributed by atoms with Crippen LogP contribution in [0.2, 0.25) is 0 Å². The molecule has 0 aliphatic rings. The average molecular weight is 263 g/mol. The normalized spacial score (nSPS) is 13.5. The molecular formula is C8H13N3O5S. The van der Waals surface area contributed by atoms with Crippen molar-refractivity contribution in [3.8, 4) is 0 Å². The molecule has 0 aromatic carbocycles. The van der Waals surface area contributed by atoms with E-state index in [0.29, 0.717) is 12.1 Å². The molecule has 17 heavy (non-hydrogen) atoms.